The van der Waals surface area contributed by atoms with Gasteiger partial charge < -0.3 is 9.47 Å². The van der Waals surface area contributed by atoms with Crippen molar-refractivity contribution in [1.82, 2.24) is 4.90 Å². The first-order chi connectivity index (χ1) is 9.29. The third-order valence-corrected chi connectivity index (χ3v) is 3.46. The van der Waals surface area contributed by atoms with Crippen molar-refractivity contribution in [2.45, 2.75) is 12.8 Å². The first kappa shape index (κ1) is 13.9. The number of carbonyl (C=O) groups excluding carboxylic acids is 1. The molecule has 1 unspecified atom stereocenters. The summed E-state index contributed by atoms with van der Waals surface area (Å²) in [6, 6.07) is 9.80. The van der Waals surface area contributed by atoms with Gasteiger partial charge in [-0.15, -0.1) is 0 Å². The highest BCUT2D eigenvalue weighted by Gasteiger charge is 2.26. The number of piperidine rings is 1. The van der Waals surface area contributed by atoms with E-state index in [1.807, 2.05) is 30.3 Å². The second kappa shape index (κ2) is 7.14. The predicted molar refractivity (Wildman–Crippen MR) is 73.1 cm³/mol. The molecule has 1 saturated heterocycles. The second-order valence-electron chi connectivity index (χ2n) is 4.82. The molecule has 2 rings (SSSR count). The van der Waals surface area contributed by atoms with Gasteiger partial charge in [0.05, 0.1) is 13.0 Å². The molecule has 1 aromatic carbocycles. The number of ether oxygens (including phenoxy) is 2. The van der Waals surface area contributed by atoms with E-state index in [1.165, 1.54) is 7.11 Å². The minimum atomic E-state index is -0.0892. The Bertz CT molecular complexity index is 394. The van der Waals surface area contributed by atoms with Crippen LogP contribution in [-0.2, 0) is 9.53 Å². The van der Waals surface area contributed by atoms with Gasteiger partial charge in [0.25, 0.3) is 0 Å². The van der Waals surface area contributed by atoms with Crippen LogP contribution in [0.2, 0.25) is 0 Å². The molecule has 0 saturated carbocycles. The number of hydrogen-bond donors (Lipinski definition) is 0. The van der Waals surface area contributed by atoms with Crippen molar-refractivity contribution >= 4 is 5.97 Å². The molecule has 0 spiro atoms. The maximum Gasteiger partial charge on any atom is 0.309 e. The van der Waals surface area contributed by atoms with Gasteiger partial charge in [0, 0.05) is 13.1 Å². The molecule has 0 aliphatic carbocycles. The van der Waals surface area contributed by atoms with E-state index in [9.17, 15) is 4.79 Å². The minimum absolute atomic E-state index is 0.0236. The highest BCUT2D eigenvalue weighted by atomic mass is 16.5. The number of rotatable bonds is 5. The zero-order valence-corrected chi connectivity index (χ0v) is 11.4. The Labute approximate surface area is 114 Å². The molecule has 4 nitrogen and oxygen atoms in total. The fraction of sp³-hybridized carbons (Fsp3) is 0.533. The number of likely N-dealkylation sites (tertiary alicyclic amines) is 1. The van der Waals surface area contributed by atoms with Crippen molar-refractivity contribution in [3.8, 4) is 5.75 Å². The summed E-state index contributed by atoms with van der Waals surface area (Å²) in [7, 11) is 1.46. The molecule has 1 aliphatic heterocycles. The van der Waals surface area contributed by atoms with Gasteiger partial charge in [0.2, 0.25) is 0 Å². The summed E-state index contributed by atoms with van der Waals surface area (Å²) in [5.74, 6) is 0.827. The Kier molecular flexibility index (Phi) is 5.21. The third-order valence-electron chi connectivity index (χ3n) is 3.46. The fourth-order valence-electron chi connectivity index (χ4n) is 2.43. The maximum absolute atomic E-state index is 11.5. The number of esters is 1. The maximum atomic E-state index is 11.5. The molecule has 1 aliphatic rings. The lowest BCUT2D eigenvalue weighted by molar-refractivity contribution is -0.147. The zero-order chi connectivity index (χ0) is 13.5. The molecule has 0 aromatic heterocycles. The van der Waals surface area contributed by atoms with E-state index in [2.05, 4.69) is 4.90 Å². The van der Waals surface area contributed by atoms with E-state index in [0.29, 0.717) is 6.61 Å². The van der Waals surface area contributed by atoms with Gasteiger partial charge in [0.15, 0.2) is 0 Å². The molecule has 0 N–H and O–H groups in total. The van der Waals surface area contributed by atoms with Crippen LogP contribution in [0.4, 0.5) is 0 Å². The average molecular weight is 263 g/mol. The second-order valence-corrected chi connectivity index (χ2v) is 4.82. The van der Waals surface area contributed by atoms with Crippen molar-refractivity contribution in [3.05, 3.63) is 30.3 Å². The number of para-hydroxylation sites is 1. The van der Waals surface area contributed by atoms with Crippen LogP contribution >= 0.6 is 0 Å². The highest BCUT2D eigenvalue weighted by Crippen LogP contribution is 2.17. The van der Waals surface area contributed by atoms with Crippen LogP contribution in [0, 0.1) is 5.92 Å². The van der Waals surface area contributed by atoms with Gasteiger partial charge in [-0.1, -0.05) is 18.2 Å². The van der Waals surface area contributed by atoms with Crippen LogP contribution in [0.3, 0.4) is 0 Å². The molecule has 19 heavy (non-hydrogen) atoms. The Balaban J connectivity index is 1.72. The van der Waals surface area contributed by atoms with E-state index in [-0.39, 0.29) is 11.9 Å². The number of hydrogen-bond acceptors (Lipinski definition) is 4. The highest BCUT2D eigenvalue weighted by molar-refractivity contribution is 5.72. The van der Waals surface area contributed by atoms with E-state index < -0.39 is 0 Å². The smallest absolute Gasteiger partial charge is 0.309 e. The first-order valence-corrected chi connectivity index (χ1v) is 6.77. The van der Waals surface area contributed by atoms with Crippen LogP contribution in [0.5, 0.6) is 5.75 Å². The van der Waals surface area contributed by atoms with Gasteiger partial charge >= 0.3 is 5.97 Å². The lowest BCUT2D eigenvalue weighted by Crippen LogP contribution is -2.41. The first-order valence-electron chi connectivity index (χ1n) is 6.77. The van der Waals surface area contributed by atoms with Crippen molar-refractivity contribution in [1.29, 1.82) is 0 Å². The molecule has 104 valence electrons. The average Bonchev–Trinajstić information content (AvgIpc) is 2.48. The largest absolute Gasteiger partial charge is 0.492 e. The quantitative estimate of drug-likeness (QED) is 0.761. The van der Waals surface area contributed by atoms with E-state index >= 15 is 0 Å². The Morgan fingerprint density at radius 3 is 2.89 bits per heavy atom. The summed E-state index contributed by atoms with van der Waals surface area (Å²) >= 11 is 0. The number of carbonyl (C=O) groups is 1. The SMILES string of the molecule is COC(=O)C1CCCN(CCOc2ccccc2)C1. The van der Waals surface area contributed by atoms with Crippen LogP contribution in [0.25, 0.3) is 0 Å². The summed E-state index contributed by atoms with van der Waals surface area (Å²) in [6.07, 6.45) is 1.98. The van der Waals surface area contributed by atoms with Gasteiger partial charge in [-0.25, -0.2) is 0 Å². The summed E-state index contributed by atoms with van der Waals surface area (Å²) in [5.41, 5.74) is 0. The van der Waals surface area contributed by atoms with Crippen LogP contribution in [0.1, 0.15) is 12.8 Å². The van der Waals surface area contributed by atoms with Crippen molar-refractivity contribution in [2.75, 3.05) is 33.4 Å². The third kappa shape index (κ3) is 4.24. The normalized spacial score (nSPS) is 19.9. The van der Waals surface area contributed by atoms with E-state index in [4.69, 9.17) is 9.47 Å². The zero-order valence-electron chi connectivity index (χ0n) is 11.4. The molecular formula is C15H21NO3. The molecule has 1 heterocycles. The topological polar surface area (TPSA) is 38.8 Å². The van der Waals surface area contributed by atoms with Gasteiger partial charge in [0.1, 0.15) is 12.4 Å². The summed E-state index contributed by atoms with van der Waals surface area (Å²) in [4.78, 5) is 13.8. The Hall–Kier alpha value is -1.55. The van der Waals surface area contributed by atoms with Crippen LogP contribution in [-0.4, -0.2) is 44.2 Å². The molecule has 0 radical (unpaired) electrons. The Morgan fingerprint density at radius 2 is 2.16 bits per heavy atom. The van der Waals surface area contributed by atoms with Crippen molar-refractivity contribution in [2.24, 2.45) is 5.92 Å². The van der Waals surface area contributed by atoms with Crippen molar-refractivity contribution in [3.63, 3.8) is 0 Å². The fourth-order valence-corrected chi connectivity index (χ4v) is 2.43. The molecular weight excluding hydrogens is 242 g/mol. The predicted octanol–water partition coefficient (Wildman–Crippen LogP) is 1.95. The Morgan fingerprint density at radius 1 is 1.37 bits per heavy atom. The van der Waals surface area contributed by atoms with E-state index in [0.717, 1.165) is 38.2 Å². The molecule has 4 heteroatoms. The molecule has 1 atom stereocenters. The molecule has 1 aromatic rings. The molecule has 0 bridgehead atoms. The number of methoxy groups -OCH3 is 1. The van der Waals surface area contributed by atoms with Crippen LogP contribution < -0.4 is 4.74 Å². The number of nitrogens with zero attached hydrogens (tertiary/aromatic N) is 1. The summed E-state index contributed by atoms with van der Waals surface area (Å²) in [5, 5.41) is 0. The monoisotopic (exact) mass is 263 g/mol. The lowest BCUT2D eigenvalue weighted by atomic mass is 9.98. The van der Waals surface area contributed by atoms with Crippen LogP contribution in [0.15, 0.2) is 30.3 Å². The summed E-state index contributed by atoms with van der Waals surface area (Å²) in [6.45, 7) is 3.32. The molecule has 1 fully saturated rings. The van der Waals surface area contributed by atoms with Gasteiger partial charge in [-0.3, -0.25) is 9.69 Å². The summed E-state index contributed by atoms with van der Waals surface area (Å²) < 4.78 is 10.5. The van der Waals surface area contributed by atoms with Crippen molar-refractivity contribution < 1.29 is 14.3 Å². The minimum Gasteiger partial charge on any atom is -0.492 e. The number of benzene rings is 1. The van der Waals surface area contributed by atoms with E-state index in [1.54, 1.807) is 0 Å². The lowest BCUT2D eigenvalue weighted by Gasteiger charge is -2.31. The standard InChI is InChI=1S/C15H21NO3/c1-18-15(17)13-6-5-9-16(12-13)10-11-19-14-7-3-2-4-8-14/h2-4,7-8,13H,5-6,9-12H2,1H3. The van der Waals surface area contributed by atoms with Gasteiger partial charge in [-0.05, 0) is 31.5 Å². The molecule has 0 amide bonds. The van der Waals surface area contributed by atoms with Gasteiger partial charge in [-0.2, -0.15) is 0 Å².